The molecule has 0 aliphatic carbocycles. The Labute approximate surface area is 133 Å². The Morgan fingerprint density at radius 2 is 1.86 bits per heavy atom. The summed E-state index contributed by atoms with van der Waals surface area (Å²) < 4.78 is 0. The van der Waals surface area contributed by atoms with E-state index in [9.17, 15) is 4.79 Å². The van der Waals surface area contributed by atoms with Crippen LogP contribution in [0.1, 0.15) is 6.42 Å². The third-order valence-corrected chi connectivity index (χ3v) is 4.27. The molecule has 0 spiro atoms. The summed E-state index contributed by atoms with van der Waals surface area (Å²) in [5, 5.41) is 3.95. The van der Waals surface area contributed by atoms with Gasteiger partial charge in [-0.1, -0.05) is 24.3 Å². The average Bonchev–Trinajstić information content (AvgIpc) is 2.56. The molecule has 3 nitrogen and oxygen atoms in total. The molecule has 0 aliphatic heterocycles. The number of fused-ring (bicyclic) bond motifs is 1. The molecule has 1 amide bonds. The van der Waals surface area contributed by atoms with Gasteiger partial charge in [0, 0.05) is 28.7 Å². The van der Waals surface area contributed by atoms with Gasteiger partial charge in [-0.2, -0.15) is 0 Å². The molecule has 2 aromatic carbocycles. The minimum atomic E-state index is 0.0276. The van der Waals surface area contributed by atoms with Crippen LogP contribution in [-0.2, 0) is 4.79 Å². The van der Waals surface area contributed by atoms with E-state index >= 15 is 0 Å². The van der Waals surface area contributed by atoms with Crippen LogP contribution in [0.3, 0.4) is 0 Å². The average molecular weight is 308 g/mol. The molecule has 0 saturated carbocycles. The number of pyridine rings is 1. The van der Waals surface area contributed by atoms with Crippen LogP contribution in [-0.4, -0.2) is 16.6 Å². The van der Waals surface area contributed by atoms with Gasteiger partial charge in [-0.15, -0.1) is 11.8 Å². The second-order valence-electron chi connectivity index (χ2n) is 4.84. The predicted octanol–water partition coefficient (Wildman–Crippen LogP) is 4.36. The van der Waals surface area contributed by atoms with Crippen molar-refractivity contribution in [3.8, 4) is 0 Å². The van der Waals surface area contributed by atoms with Crippen molar-refractivity contribution in [3.05, 3.63) is 66.9 Å². The van der Waals surface area contributed by atoms with Crippen LogP contribution in [0.2, 0.25) is 0 Å². The number of carbonyl (C=O) groups is 1. The Kier molecular flexibility index (Phi) is 4.71. The zero-order chi connectivity index (χ0) is 15.2. The van der Waals surface area contributed by atoms with Crippen molar-refractivity contribution in [2.45, 2.75) is 11.3 Å². The van der Waals surface area contributed by atoms with Gasteiger partial charge < -0.3 is 5.32 Å². The molecular formula is C18H16N2OS. The quantitative estimate of drug-likeness (QED) is 0.712. The van der Waals surface area contributed by atoms with E-state index in [0.717, 1.165) is 22.3 Å². The second-order valence-corrected chi connectivity index (χ2v) is 6.00. The van der Waals surface area contributed by atoms with E-state index in [-0.39, 0.29) is 5.91 Å². The van der Waals surface area contributed by atoms with Crippen molar-refractivity contribution in [2.75, 3.05) is 11.1 Å². The summed E-state index contributed by atoms with van der Waals surface area (Å²) in [5.74, 6) is 0.790. The van der Waals surface area contributed by atoms with Gasteiger partial charge in [0.25, 0.3) is 0 Å². The number of benzene rings is 2. The van der Waals surface area contributed by atoms with Crippen LogP contribution < -0.4 is 5.32 Å². The summed E-state index contributed by atoms with van der Waals surface area (Å²) in [5.41, 5.74) is 1.71. The van der Waals surface area contributed by atoms with Crippen LogP contribution in [0.15, 0.2) is 71.8 Å². The van der Waals surface area contributed by atoms with E-state index in [1.54, 1.807) is 18.0 Å². The van der Waals surface area contributed by atoms with Crippen molar-refractivity contribution < 1.29 is 4.79 Å². The Hall–Kier alpha value is -2.33. The summed E-state index contributed by atoms with van der Waals surface area (Å²) in [6, 6.07) is 19.7. The van der Waals surface area contributed by atoms with E-state index in [2.05, 4.69) is 22.4 Å². The molecule has 0 aliphatic rings. The molecule has 0 bridgehead atoms. The first-order valence-corrected chi connectivity index (χ1v) is 8.13. The fourth-order valence-corrected chi connectivity index (χ4v) is 3.08. The van der Waals surface area contributed by atoms with Crippen LogP contribution in [0, 0.1) is 0 Å². The number of aromatic nitrogens is 1. The molecule has 0 atom stereocenters. The van der Waals surface area contributed by atoms with Crippen molar-refractivity contribution in [1.82, 2.24) is 4.98 Å². The summed E-state index contributed by atoms with van der Waals surface area (Å²) >= 11 is 1.69. The van der Waals surface area contributed by atoms with Gasteiger partial charge in [0.2, 0.25) is 5.91 Å². The monoisotopic (exact) mass is 308 g/mol. The Morgan fingerprint density at radius 1 is 1.00 bits per heavy atom. The van der Waals surface area contributed by atoms with E-state index < -0.39 is 0 Å². The topological polar surface area (TPSA) is 42.0 Å². The Bertz CT molecular complexity index is 769. The SMILES string of the molecule is O=C(CCSc1ccccc1)Nc1cccc2ncccc12. The molecule has 1 heterocycles. The third-order valence-electron chi connectivity index (χ3n) is 3.26. The number of hydrogen-bond donors (Lipinski definition) is 1. The Morgan fingerprint density at radius 3 is 2.73 bits per heavy atom. The van der Waals surface area contributed by atoms with Gasteiger partial charge in [-0.25, -0.2) is 0 Å². The van der Waals surface area contributed by atoms with Gasteiger partial charge in [0.1, 0.15) is 0 Å². The highest BCUT2D eigenvalue weighted by molar-refractivity contribution is 7.99. The first-order chi connectivity index (χ1) is 10.8. The minimum absolute atomic E-state index is 0.0276. The summed E-state index contributed by atoms with van der Waals surface area (Å²) in [7, 11) is 0. The van der Waals surface area contributed by atoms with E-state index in [1.165, 1.54) is 4.90 Å². The lowest BCUT2D eigenvalue weighted by atomic mass is 10.2. The summed E-state index contributed by atoms with van der Waals surface area (Å²) in [6.45, 7) is 0. The fourth-order valence-electron chi connectivity index (χ4n) is 2.20. The molecule has 1 N–H and O–H groups in total. The molecule has 0 radical (unpaired) electrons. The lowest BCUT2D eigenvalue weighted by Crippen LogP contribution is -2.12. The van der Waals surface area contributed by atoms with E-state index in [0.29, 0.717) is 6.42 Å². The molecule has 0 saturated heterocycles. The predicted molar refractivity (Wildman–Crippen MR) is 92.2 cm³/mol. The molecule has 4 heteroatoms. The number of nitrogens with zero attached hydrogens (tertiary/aromatic N) is 1. The number of carbonyl (C=O) groups excluding carboxylic acids is 1. The number of nitrogens with one attached hydrogen (secondary N) is 1. The van der Waals surface area contributed by atoms with Gasteiger partial charge in [0.05, 0.1) is 11.2 Å². The smallest absolute Gasteiger partial charge is 0.225 e. The van der Waals surface area contributed by atoms with Crippen LogP contribution in [0.4, 0.5) is 5.69 Å². The zero-order valence-electron chi connectivity index (χ0n) is 12.0. The lowest BCUT2D eigenvalue weighted by Gasteiger charge is -2.08. The summed E-state index contributed by atoms with van der Waals surface area (Å²) in [6.07, 6.45) is 2.24. The molecule has 22 heavy (non-hydrogen) atoms. The highest BCUT2D eigenvalue weighted by Gasteiger charge is 2.06. The van der Waals surface area contributed by atoms with Crippen LogP contribution in [0.5, 0.6) is 0 Å². The number of rotatable bonds is 5. The maximum atomic E-state index is 12.1. The van der Waals surface area contributed by atoms with Gasteiger partial charge in [0.15, 0.2) is 0 Å². The van der Waals surface area contributed by atoms with Crippen molar-refractivity contribution in [3.63, 3.8) is 0 Å². The van der Waals surface area contributed by atoms with Gasteiger partial charge in [-0.05, 0) is 36.4 Å². The lowest BCUT2D eigenvalue weighted by molar-refractivity contribution is -0.115. The van der Waals surface area contributed by atoms with Crippen molar-refractivity contribution in [2.24, 2.45) is 0 Å². The zero-order valence-corrected chi connectivity index (χ0v) is 12.8. The molecule has 3 rings (SSSR count). The molecular weight excluding hydrogens is 292 g/mol. The van der Waals surface area contributed by atoms with E-state index in [4.69, 9.17) is 0 Å². The molecule has 3 aromatic rings. The first-order valence-electron chi connectivity index (χ1n) is 7.14. The van der Waals surface area contributed by atoms with Crippen molar-refractivity contribution in [1.29, 1.82) is 0 Å². The largest absolute Gasteiger partial charge is 0.325 e. The number of anilines is 1. The number of hydrogen-bond acceptors (Lipinski definition) is 3. The molecule has 1 aromatic heterocycles. The van der Waals surface area contributed by atoms with Gasteiger partial charge >= 0.3 is 0 Å². The van der Waals surface area contributed by atoms with Crippen molar-refractivity contribution >= 4 is 34.3 Å². The normalized spacial score (nSPS) is 10.5. The maximum Gasteiger partial charge on any atom is 0.225 e. The van der Waals surface area contributed by atoms with E-state index in [1.807, 2.05) is 48.5 Å². The maximum absolute atomic E-state index is 12.1. The molecule has 110 valence electrons. The minimum Gasteiger partial charge on any atom is -0.325 e. The van der Waals surface area contributed by atoms with Gasteiger partial charge in [-0.3, -0.25) is 9.78 Å². The van der Waals surface area contributed by atoms with Crippen LogP contribution >= 0.6 is 11.8 Å². The first kappa shape index (κ1) is 14.6. The Balaban J connectivity index is 1.59. The third kappa shape index (κ3) is 3.65. The molecule has 0 unspecified atom stereocenters. The summed E-state index contributed by atoms with van der Waals surface area (Å²) in [4.78, 5) is 17.6. The molecule has 0 fully saturated rings. The van der Waals surface area contributed by atoms with Crippen LogP contribution in [0.25, 0.3) is 10.9 Å². The number of thioether (sulfide) groups is 1. The fraction of sp³-hybridized carbons (Fsp3) is 0.111. The standard InChI is InChI=1S/C18H16N2OS/c21-18(11-13-22-14-6-2-1-3-7-14)20-17-10-4-9-16-15(17)8-5-12-19-16/h1-10,12H,11,13H2,(H,20,21). The second kappa shape index (κ2) is 7.09. The number of amides is 1. The highest BCUT2D eigenvalue weighted by atomic mass is 32.2. The highest BCUT2D eigenvalue weighted by Crippen LogP contribution is 2.22.